The molecule has 16 heteroatoms. The number of oxime groups is 1. The predicted octanol–water partition coefficient (Wildman–Crippen LogP) is 0.986. The van der Waals surface area contributed by atoms with Crippen LogP contribution in [-0.4, -0.2) is 66.0 Å². The second-order valence-corrected chi connectivity index (χ2v) is 10.1. The summed E-state index contributed by atoms with van der Waals surface area (Å²) in [6, 6.07) is -1.54. The van der Waals surface area contributed by atoms with Gasteiger partial charge in [0, 0.05) is 4.91 Å². The Bertz CT molecular complexity index is 1130. The summed E-state index contributed by atoms with van der Waals surface area (Å²) in [6.45, 7) is 0. The molecule has 4 rings (SSSR count). The van der Waals surface area contributed by atoms with E-state index in [-0.39, 0.29) is 20.9 Å². The van der Waals surface area contributed by atoms with Crippen LogP contribution in [0.3, 0.4) is 0 Å². The van der Waals surface area contributed by atoms with Crippen LogP contribution in [-0.2, 0) is 14.4 Å². The number of fused-ring (bicyclic) bond motifs is 1. The molecule has 1 unspecified atom stereocenters. The Hall–Kier alpha value is -2.75. The molecule has 2 aliphatic rings. The van der Waals surface area contributed by atoms with Crippen molar-refractivity contribution in [3.63, 3.8) is 0 Å². The number of thioether (sulfide) groups is 1. The molecule has 0 aliphatic carbocycles. The van der Waals surface area contributed by atoms with E-state index in [2.05, 4.69) is 25.7 Å². The molecule has 0 aromatic carbocycles. The third kappa shape index (κ3) is 3.84. The highest BCUT2D eigenvalue weighted by molar-refractivity contribution is 8.04. The topological polar surface area (TPSA) is 184 Å². The Morgan fingerprint density at radius 3 is 2.81 bits per heavy atom. The van der Waals surface area contributed by atoms with E-state index in [1.165, 1.54) is 16.8 Å². The van der Waals surface area contributed by atoms with Crippen molar-refractivity contribution in [3.8, 4) is 0 Å². The van der Waals surface area contributed by atoms with Crippen LogP contribution in [0.5, 0.6) is 0 Å². The van der Waals surface area contributed by atoms with Crippen molar-refractivity contribution in [2.24, 2.45) is 5.16 Å². The van der Waals surface area contributed by atoms with Gasteiger partial charge in [-0.1, -0.05) is 51.2 Å². The highest BCUT2D eigenvalue weighted by Crippen LogP contribution is 2.43. The van der Waals surface area contributed by atoms with E-state index in [9.17, 15) is 24.7 Å². The van der Waals surface area contributed by atoms with Gasteiger partial charge in [0.2, 0.25) is 0 Å². The number of carbonyl (C=O) groups excluding carboxylic acids is 2. The number of allylic oxidation sites excluding steroid dienone is 1. The number of aliphatic carboxylic acids is 1. The Morgan fingerprint density at radius 1 is 1.45 bits per heavy atom. The Morgan fingerprint density at radius 2 is 2.23 bits per heavy atom. The van der Waals surface area contributed by atoms with Gasteiger partial charge >= 0.3 is 5.97 Å². The zero-order valence-corrected chi connectivity index (χ0v) is 18.4. The SMILES string of the molecule is Nc1nc(/C(=N\O)C(=O)N[C@H]2C(=O)N3C(C(=O)O)=C(Sc4nncs4)CCC23)c(Cl)s1. The average molecular weight is 502 g/mol. The molecule has 4 heterocycles. The summed E-state index contributed by atoms with van der Waals surface area (Å²) >= 11 is 9.27. The Balaban J connectivity index is 1.53. The number of amides is 2. The number of nitrogen functional groups attached to an aromatic ring is 1. The van der Waals surface area contributed by atoms with Crippen LogP contribution in [0.1, 0.15) is 18.5 Å². The first-order chi connectivity index (χ1) is 14.8. The number of anilines is 1. The minimum atomic E-state index is -1.25. The van der Waals surface area contributed by atoms with E-state index >= 15 is 0 Å². The molecule has 162 valence electrons. The minimum Gasteiger partial charge on any atom is -0.477 e. The molecular formula is C15H12ClN7O5S3. The lowest BCUT2D eigenvalue weighted by Gasteiger charge is -2.49. The number of hydrogen-bond acceptors (Lipinski definition) is 12. The number of thiazole rings is 1. The number of nitrogens with two attached hydrogens (primary N) is 1. The van der Waals surface area contributed by atoms with Crippen LogP contribution in [0, 0.1) is 0 Å². The number of carbonyl (C=O) groups is 3. The lowest BCUT2D eigenvalue weighted by Crippen LogP contribution is -2.72. The molecule has 2 atom stereocenters. The van der Waals surface area contributed by atoms with Gasteiger partial charge in [-0.2, -0.15) is 0 Å². The number of hydrogen-bond donors (Lipinski definition) is 4. The smallest absolute Gasteiger partial charge is 0.353 e. The van der Waals surface area contributed by atoms with Gasteiger partial charge < -0.3 is 21.4 Å². The monoisotopic (exact) mass is 501 g/mol. The second kappa shape index (κ2) is 8.41. The molecule has 1 saturated heterocycles. The maximum atomic E-state index is 12.7. The first-order valence-electron chi connectivity index (χ1n) is 8.50. The number of β-lactam (4-membered cyclic amide) rings is 1. The summed E-state index contributed by atoms with van der Waals surface area (Å²) in [5, 5.41) is 32.0. The van der Waals surface area contributed by atoms with Gasteiger partial charge in [-0.15, -0.1) is 10.2 Å². The lowest BCUT2D eigenvalue weighted by atomic mass is 9.86. The number of nitrogens with one attached hydrogen (secondary N) is 1. The van der Waals surface area contributed by atoms with Crippen molar-refractivity contribution in [2.75, 3.05) is 5.73 Å². The number of nitrogens with zero attached hydrogens (tertiary/aromatic N) is 5. The fourth-order valence-corrected chi connectivity index (χ4v) is 5.95. The fraction of sp³-hybridized carbons (Fsp3) is 0.267. The molecule has 0 radical (unpaired) electrons. The van der Waals surface area contributed by atoms with E-state index in [1.807, 2.05) is 0 Å². The summed E-state index contributed by atoms with van der Waals surface area (Å²) in [6.07, 6.45) is 0.798. The molecule has 5 N–H and O–H groups in total. The number of halogens is 1. The predicted molar refractivity (Wildman–Crippen MR) is 112 cm³/mol. The van der Waals surface area contributed by atoms with Gasteiger partial charge in [-0.05, 0) is 12.8 Å². The van der Waals surface area contributed by atoms with Crippen LogP contribution in [0.25, 0.3) is 0 Å². The number of carboxylic acid groups (broad SMARTS) is 1. The molecule has 2 amide bonds. The molecule has 2 aliphatic heterocycles. The van der Waals surface area contributed by atoms with E-state index < -0.39 is 35.6 Å². The summed E-state index contributed by atoms with van der Waals surface area (Å²) in [5.74, 6) is -2.73. The zero-order valence-electron chi connectivity index (χ0n) is 15.2. The quantitative estimate of drug-likeness (QED) is 0.192. The second-order valence-electron chi connectivity index (χ2n) is 6.27. The number of carboxylic acids is 1. The Kier molecular flexibility index (Phi) is 5.83. The largest absolute Gasteiger partial charge is 0.477 e. The van der Waals surface area contributed by atoms with Crippen LogP contribution in [0.2, 0.25) is 4.34 Å². The van der Waals surface area contributed by atoms with Crippen molar-refractivity contribution in [2.45, 2.75) is 29.3 Å². The highest BCUT2D eigenvalue weighted by atomic mass is 35.5. The maximum Gasteiger partial charge on any atom is 0.353 e. The number of rotatable bonds is 6. The van der Waals surface area contributed by atoms with Crippen molar-refractivity contribution in [3.05, 3.63) is 26.1 Å². The Labute approximate surface area is 190 Å². The highest BCUT2D eigenvalue weighted by Gasteiger charge is 2.54. The van der Waals surface area contributed by atoms with Crippen molar-refractivity contribution in [1.82, 2.24) is 25.4 Å². The van der Waals surface area contributed by atoms with E-state index in [0.29, 0.717) is 22.1 Å². The molecule has 2 aromatic rings. The van der Waals surface area contributed by atoms with Crippen LogP contribution >= 0.6 is 46.0 Å². The van der Waals surface area contributed by atoms with Gasteiger partial charge in [0.25, 0.3) is 11.8 Å². The number of aromatic nitrogens is 3. The average Bonchev–Trinajstić information content (AvgIpc) is 3.35. The van der Waals surface area contributed by atoms with E-state index in [1.54, 1.807) is 0 Å². The first-order valence-corrected chi connectivity index (χ1v) is 11.4. The van der Waals surface area contributed by atoms with Crippen LogP contribution in [0.4, 0.5) is 5.13 Å². The molecular weight excluding hydrogens is 490 g/mol. The van der Waals surface area contributed by atoms with Crippen molar-refractivity contribution in [1.29, 1.82) is 0 Å². The molecule has 1 fully saturated rings. The molecule has 31 heavy (non-hydrogen) atoms. The fourth-order valence-electron chi connectivity index (χ4n) is 3.31. The van der Waals surface area contributed by atoms with E-state index in [4.69, 9.17) is 17.3 Å². The normalized spacial score (nSPS) is 21.0. The molecule has 0 bridgehead atoms. The van der Waals surface area contributed by atoms with Crippen LogP contribution in [0.15, 0.2) is 25.6 Å². The summed E-state index contributed by atoms with van der Waals surface area (Å²) < 4.78 is 0.613. The van der Waals surface area contributed by atoms with E-state index in [0.717, 1.165) is 28.0 Å². The molecule has 12 nitrogen and oxygen atoms in total. The molecule has 0 saturated carbocycles. The van der Waals surface area contributed by atoms with Crippen molar-refractivity contribution < 1.29 is 24.7 Å². The summed E-state index contributed by atoms with van der Waals surface area (Å²) in [5.41, 5.74) is 6.32. The standard InChI is InChI=1S/C15H12ClN7O5S3/c16-10-7(20-14(17)31-10)8(22-28)11(24)19-6-4-1-2-5(30-15-21-18-3-29-15)9(13(26)27)23(4)12(6)25/h3-4,6,28H,1-2H2,(H2,17,20)(H,19,24)(H,26,27)/b22-8+/t4?,6-/m1/s1. The van der Waals surface area contributed by atoms with Gasteiger partial charge in [0.15, 0.2) is 15.2 Å². The summed E-state index contributed by atoms with van der Waals surface area (Å²) in [4.78, 5) is 42.7. The minimum absolute atomic E-state index is 0.0501. The molecule has 2 aromatic heterocycles. The van der Waals surface area contributed by atoms with Gasteiger partial charge in [-0.25, -0.2) is 9.78 Å². The zero-order chi connectivity index (χ0) is 22.3. The third-order valence-electron chi connectivity index (χ3n) is 4.57. The van der Waals surface area contributed by atoms with Crippen LogP contribution < -0.4 is 11.1 Å². The third-order valence-corrected chi connectivity index (χ3v) is 7.58. The summed E-state index contributed by atoms with van der Waals surface area (Å²) in [7, 11) is 0. The lowest BCUT2D eigenvalue weighted by molar-refractivity contribution is -0.155. The molecule has 0 spiro atoms. The van der Waals surface area contributed by atoms with Gasteiger partial charge in [0.05, 0.1) is 6.04 Å². The maximum absolute atomic E-state index is 12.7. The van der Waals surface area contributed by atoms with Gasteiger partial charge in [-0.3, -0.25) is 14.5 Å². The van der Waals surface area contributed by atoms with Crippen molar-refractivity contribution >= 4 is 74.7 Å². The first kappa shape index (κ1) is 21.5. The van der Waals surface area contributed by atoms with Gasteiger partial charge in [0.1, 0.15) is 27.3 Å².